The van der Waals surface area contributed by atoms with Crippen LogP contribution in [-0.4, -0.2) is 26.7 Å². The molecule has 0 bridgehead atoms. The molecule has 0 saturated heterocycles. The lowest BCUT2D eigenvalue weighted by atomic mass is 9.77. The van der Waals surface area contributed by atoms with Crippen LogP contribution in [0.1, 0.15) is 42.6 Å². The number of benzene rings is 1. The van der Waals surface area contributed by atoms with Crippen molar-refractivity contribution < 1.29 is 22.0 Å². The van der Waals surface area contributed by atoms with E-state index in [0.717, 1.165) is 12.1 Å². The number of H-pyrrole nitrogens is 1. The Balaban J connectivity index is 2.08. The van der Waals surface area contributed by atoms with Gasteiger partial charge >= 0.3 is 6.18 Å². The van der Waals surface area contributed by atoms with E-state index >= 15 is 0 Å². The number of hydrogen-bond acceptors (Lipinski definition) is 6. The molecule has 30 heavy (non-hydrogen) atoms. The van der Waals surface area contributed by atoms with Crippen LogP contribution in [-0.2, 0) is 11.6 Å². The molecule has 0 aliphatic rings. The Morgan fingerprint density at radius 3 is 2.53 bits per heavy atom. The van der Waals surface area contributed by atoms with Crippen molar-refractivity contribution in [2.45, 2.75) is 38.3 Å². The summed E-state index contributed by atoms with van der Waals surface area (Å²) in [5.41, 5.74) is 2.92. The molecule has 2 aromatic heterocycles. The van der Waals surface area contributed by atoms with Crippen molar-refractivity contribution in [3.63, 3.8) is 0 Å². The zero-order valence-electron chi connectivity index (χ0n) is 16.2. The van der Waals surface area contributed by atoms with Gasteiger partial charge in [-0.1, -0.05) is 6.07 Å². The van der Waals surface area contributed by atoms with Crippen LogP contribution in [0.3, 0.4) is 0 Å². The van der Waals surface area contributed by atoms with E-state index in [1.165, 1.54) is 6.07 Å². The third kappa shape index (κ3) is 4.25. The highest BCUT2D eigenvalue weighted by molar-refractivity contribution is 5.46. The molecule has 3 aromatic rings. The van der Waals surface area contributed by atoms with Gasteiger partial charge in [0.2, 0.25) is 5.89 Å². The summed E-state index contributed by atoms with van der Waals surface area (Å²) in [4.78, 5) is 18.3. The highest BCUT2D eigenvalue weighted by Gasteiger charge is 2.39. The van der Waals surface area contributed by atoms with Crippen molar-refractivity contribution in [2.24, 2.45) is 5.73 Å². The van der Waals surface area contributed by atoms with E-state index in [1.807, 2.05) is 0 Å². The normalized spacial score (nSPS) is 14.0. The molecule has 2 heterocycles. The minimum atomic E-state index is -4.67. The predicted octanol–water partition coefficient (Wildman–Crippen LogP) is 3.33. The molecule has 0 saturated carbocycles. The summed E-state index contributed by atoms with van der Waals surface area (Å²) in [5, 5.41) is 7.86. The zero-order valence-corrected chi connectivity index (χ0v) is 16.2. The van der Waals surface area contributed by atoms with Gasteiger partial charge in [0.15, 0.2) is 0 Å². The summed E-state index contributed by atoms with van der Waals surface area (Å²) in [5.74, 6) is -0.805. The van der Waals surface area contributed by atoms with Gasteiger partial charge < -0.3 is 15.1 Å². The van der Waals surface area contributed by atoms with Crippen molar-refractivity contribution in [2.75, 3.05) is 6.54 Å². The van der Waals surface area contributed by atoms with Gasteiger partial charge in [0, 0.05) is 11.6 Å². The number of aromatic amines is 1. The smallest absolute Gasteiger partial charge is 0.416 e. The van der Waals surface area contributed by atoms with E-state index in [2.05, 4.69) is 20.2 Å². The van der Waals surface area contributed by atoms with Gasteiger partial charge in [-0.15, -0.1) is 10.2 Å². The van der Waals surface area contributed by atoms with Gasteiger partial charge in [-0.25, -0.2) is 9.37 Å². The summed E-state index contributed by atoms with van der Waals surface area (Å²) in [6.45, 7) is 3.43. The van der Waals surface area contributed by atoms with E-state index in [4.69, 9.17) is 10.2 Å². The molecule has 0 radical (unpaired) electrons. The molecule has 1 aromatic carbocycles. The molecule has 3 N–H and O–H groups in total. The molecule has 0 fully saturated rings. The molecule has 7 nitrogen and oxygen atoms in total. The monoisotopic (exact) mass is 425 g/mol. The molecule has 3 rings (SSSR count). The minimum absolute atomic E-state index is 0.0238. The number of halogens is 4. The second-order valence-corrected chi connectivity index (χ2v) is 7.05. The molecule has 0 aliphatic carbocycles. The maximum atomic E-state index is 14.7. The highest BCUT2D eigenvalue weighted by atomic mass is 19.4. The molecule has 1 atom stereocenters. The van der Waals surface area contributed by atoms with Crippen molar-refractivity contribution in [1.82, 2.24) is 20.2 Å². The number of alkyl halides is 3. The van der Waals surface area contributed by atoms with Crippen LogP contribution in [0.2, 0.25) is 0 Å². The topological polar surface area (TPSA) is 111 Å². The first kappa shape index (κ1) is 21.6. The fraction of sp³-hybridized carbons (Fsp3) is 0.368. The largest absolute Gasteiger partial charge is 0.418 e. The first-order valence-electron chi connectivity index (χ1n) is 9.04. The lowest BCUT2D eigenvalue weighted by Gasteiger charge is -2.27. The summed E-state index contributed by atoms with van der Waals surface area (Å²) in [7, 11) is 0. The quantitative estimate of drug-likeness (QED) is 0.586. The molecule has 0 amide bonds. The average molecular weight is 425 g/mol. The van der Waals surface area contributed by atoms with E-state index in [0.29, 0.717) is 18.3 Å². The number of nitrogens with one attached hydrogen (secondary N) is 1. The zero-order chi connectivity index (χ0) is 22.1. The van der Waals surface area contributed by atoms with Crippen LogP contribution in [0.15, 0.2) is 33.5 Å². The predicted molar refractivity (Wildman–Crippen MR) is 99.0 cm³/mol. The van der Waals surface area contributed by atoms with Crippen LogP contribution in [0.4, 0.5) is 17.6 Å². The third-order valence-corrected chi connectivity index (χ3v) is 4.75. The highest BCUT2D eigenvalue weighted by Crippen LogP contribution is 2.39. The molecule has 0 aliphatic heterocycles. The standard InChI is InChI=1S/C19H19F4N5O2/c1-10-25-14(9-15(29)26-10)16-27-28-17(30-16)18(2,6-3-7-24)12-5-4-11(8-13(12)20)19(21,22)23/h4-5,8-9H,3,6-7,24H2,1-2H3,(H,25,26,29). The van der Waals surface area contributed by atoms with E-state index < -0.39 is 28.5 Å². The first-order valence-corrected chi connectivity index (χ1v) is 9.04. The lowest BCUT2D eigenvalue weighted by molar-refractivity contribution is -0.137. The maximum absolute atomic E-state index is 14.7. The molecule has 0 spiro atoms. The number of rotatable bonds is 6. The Hall–Kier alpha value is -3.08. The Morgan fingerprint density at radius 1 is 1.20 bits per heavy atom. The van der Waals surface area contributed by atoms with Crippen LogP contribution < -0.4 is 11.3 Å². The molecular weight excluding hydrogens is 406 g/mol. The van der Waals surface area contributed by atoms with Crippen molar-refractivity contribution in [3.8, 4) is 11.6 Å². The Labute approximate surface area is 168 Å². The van der Waals surface area contributed by atoms with Gasteiger partial charge in [-0.2, -0.15) is 13.2 Å². The van der Waals surface area contributed by atoms with Gasteiger partial charge in [0.25, 0.3) is 11.4 Å². The Bertz CT molecular complexity index is 1110. The second kappa shape index (κ2) is 7.98. The van der Waals surface area contributed by atoms with Crippen LogP contribution >= 0.6 is 0 Å². The van der Waals surface area contributed by atoms with Crippen LogP contribution in [0.5, 0.6) is 0 Å². The summed E-state index contributed by atoms with van der Waals surface area (Å²) >= 11 is 0. The van der Waals surface area contributed by atoms with Gasteiger partial charge in [-0.3, -0.25) is 4.79 Å². The van der Waals surface area contributed by atoms with E-state index in [-0.39, 0.29) is 36.0 Å². The number of aromatic nitrogens is 4. The number of aryl methyl sites for hydroxylation is 1. The van der Waals surface area contributed by atoms with Crippen LogP contribution in [0, 0.1) is 12.7 Å². The molecular formula is C19H19F4N5O2. The average Bonchev–Trinajstić information content (AvgIpc) is 3.15. The fourth-order valence-corrected chi connectivity index (χ4v) is 3.19. The van der Waals surface area contributed by atoms with Crippen molar-refractivity contribution in [1.29, 1.82) is 0 Å². The minimum Gasteiger partial charge on any atom is -0.418 e. The van der Waals surface area contributed by atoms with Crippen molar-refractivity contribution >= 4 is 0 Å². The molecule has 1 unspecified atom stereocenters. The van der Waals surface area contributed by atoms with Crippen molar-refractivity contribution in [3.05, 3.63) is 63.3 Å². The summed E-state index contributed by atoms with van der Waals surface area (Å²) < 4.78 is 59.2. The second-order valence-electron chi connectivity index (χ2n) is 7.05. The number of hydrogen-bond donors (Lipinski definition) is 2. The summed E-state index contributed by atoms with van der Waals surface area (Å²) in [6.07, 6.45) is -4.00. The number of nitrogens with zero attached hydrogens (tertiary/aromatic N) is 3. The van der Waals surface area contributed by atoms with Gasteiger partial charge in [-0.05, 0) is 45.4 Å². The molecule has 160 valence electrons. The third-order valence-electron chi connectivity index (χ3n) is 4.75. The Kier molecular flexibility index (Phi) is 5.75. The lowest BCUT2D eigenvalue weighted by Crippen LogP contribution is -2.27. The van der Waals surface area contributed by atoms with E-state index in [1.54, 1.807) is 13.8 Å². The fourth-order valence-electron chi connectivity index (χ4n) is 3.19. The maximum Gasteiger partial charge on any atom is 0.416 e. The van der Waals surface area contributed by atoms with E-state index in [9.17, 15) is 22.4 Å². The Morgan fingerprint density at radius 2 is 1.93 bits per heavy atom. The SMILES string of the molecule is Cc1nc(-c2nnc(C(C)(CCCN)c3ccc(C(F)(F)F)cc3F)o2)cc(=O)[nH]1. The van der Waals surface area contributed by atoms with Gasteiger partial charge in [0.05, 0.1) is 11.0 Å². The van der Waals surface area contributed by atoms with Gasteiger partial charge in [0.1, 0.15) is 17.3 Å². The number of nitrogens with two attached hydrogens (primary N) is 1. The summed E-state index contributed by atoms with van der Waals surface area (Å²) in [6, 6.07) is 3.47. The molecule has 11 heteroatoms. The van der Waals surface area contributed by atoms with Crippen LogP contribution in [0.25, 0.3) is 11.6 Å². The first-order chi connectivity index (χ1) is 14.0.